The van der Waals surface area contributed by atoms with Crippen LogP contribution in [0.15, 0.2) is 65.3 Å². The van der Waals surface area contributed by atoms with Crippen LogP contribution < -0.4 is 15.4 Å². The fourth-order valence-electron chi connectivity index (χ4n) is 2.52. The summed E-state index contributed by atoms with van der Waals surface area (Å²) in [5.74, 6) is -0.623. The molecule has 1 heterocycles. The van der Waals surface area contributed by atoms with Crippen molar-refractivity contribution < 1.29 is 23.7 Å². The van der Waals surface area contributed by atoms with Gasteiger partial charge in [-0.2, -0.15) is 0 Å². The third kappa shape index (κ3) is 4.78. The van der Waals surface area contributed by atoms with Crippen molar-refractivity contribution in [2.45, 2.75) is 6.92 Å². The smallest absolute Gasteiger partial charge is 0.311 e. The van der Waals surface area contributed by atoms with Crippen molar-refractivity contribution in [3.8, 4) is 5.75 Å². The summed E-state index contributed by atoms with van der Waals surface area (Å²) in [6.07, 6.45) is 1.40. The molecule has 0 bridgehead atoms. The molecule has 2 aromatic carbocycles. The number of furan rings is 1. The fraction of sp³-hybridized carbons (Fsp3) is 0.100. The molecule has 0 aliphatic heterocycles. The molecule has 0 aliphatic carbocycles. The van der Waals surface area contributed by atoms with Gasteiger partial charge < -0.3 is 19.8 Å². The van der Waals surface area contributed by atoms with Crippen LogP contribution in [0, 0.1) is 10.1 Å². The molecular weight excluding hydrogens is 378 g/mol. The molecule has 0 spiro atoms. The SMILES string of the molecule is CCOc1ccc(C(=O)Nc2ccc(NC(=O)c3ccco3)cc2)cc1[N+](=O)[O-]. The molecule has 0 aliphatic rings. The number of nitro groups is 1. The van der Waals surface area contributed by atoms with Gasteiger partial charge >= 0.3 is 5.69 Å². The monoisotopic (exact) mass is 395 g/mol. The average molecular weight is 395 g/mol. The lowest BCUT2D eigenvalue weighted by Crippen LogP contribution is -2.13. The Morgan fingerprint density at radius 1 is 1.03 bits per heavy atom. The highest BCUT2D eigenvalue weighted by atomic mass is 16.6. The Balaban J connectivity index is 1.68. The van der Waals surface area contributed by atoms with E-state index in [0.717, 1.165) is 6.07 Å². The summed E-state index contributed by atoms with van der Waals surface area (Å²) in [7, 11) is 0. The molecule has 3 rings (SSSR count). The Morgan fingerprint density at radius 3 is 2.24 bits per heavy atom. The number of hydrogen-bond acceptors (Lipinski definition) is 6. The molecule has 0 radical (unpaired) electrons. The summed E-state index contributed by atoms with van der Waals surface area (Å²) in [5.41, 5.74) is 0.814. The van der Waals surface area contributed by atoms with Crippen molar-refractivity contribution in [2.24, 2.45) is 0 Å². The molecule has 9 heteroatoms. The molecule has 0 saturated carbocycles. The van der Waals surface area contributed by atoms with E-state index in [9.17, 15) is 19.7 Å². The quantitative estimate of drug-likeness (QED) is 0.459. The fourth-order valence-corrected chi connectivity index (χ4v) is 2.52. The maximum Gasteiger partial charge on any atom is 0.311 e. The summed E-state index contributed by atoms with van der Waals surface area (Å²) >= 11 is 0. The average Bonchev–Trinajstić information content (AvgIpc) is 3.25. The Hall–Kier alpha value is -4.14. The van der Waals surface area contributed by atoms with E-state index in [0.29, 0.717) is 11.4 Å². The van der Waals surface area contributed by atoms with Gasteiger partial charge in [-0.3, -0.25) is 19.7 Å². The normalized spacial score (nSPS) is 10.2. The standard InChI is InChI=1S/C20H17N3O6/c1-2-28-17-10-5-13(12-16(17)23(26)27)19(24)21-14-6-8-15(9-7-14)22-20(25)18-4-3-11-29-18/h3-12H,2H2,1H3,(H,21,24)(H,22,25). The van der Waals surface area contributed by atoms with Crippen LogP contribution in [-0.2, 0) is 0 Å². The highest BCUT2D eigenvalue weighted by Gasteiger charge is 2.18. The van der Waals surface area contributed by atoms with Gasteiger partial charge in [0, 0.05) is 23.0 Å². The van der Waals surface area contributed by atoms with Gasteiger partial charge in [0.15, 0.2) is 11.5 Å². The lowest BCUT2D eigenvalue weighted by Gasteiger charge is -2.09. The van der Waals surface area contributed by atoms with Gasteiger partial charge in [0.1, 0.15) is 0 Å². The number of amides is 2. The number of benzene rings is 2. The zero-order chi connectivity index (χ0) is 20.8. The van der Waals surface area contributed by atoms with E-state index in [-0.39, 0.29) is 29.4 Å². The number of nitrogens with one attached hydrogen (secondary N) is 2. The molecule has 2 amide bonds. The summed E-state index contributed by atoms with van der Waals surface area (Å²) in [6.45, 7) is 1.99. The van der Waals surface area contributed by atoms with Gasteiger partial charge in [0.25, 0.3) is 11.8 Å². The summed E-state index contributed by atoms with van der Waals surface area (Å²) in [6, 6.07) is 13.6. The maximum absolute atomic E-state index is 12.4. The van der Waals surface area contributed by atoms with Crippen LogP contribution in [-0.4, -0.2) is 23.3 Å². The zero-order valence-corrected chi connectivity index (χ0v) is 15.4. The molecule has 0 unspecified atom stereocenters. The number of anilines is 2. The molecule has 148 valence electrons. The van der Waals surface area contributed by atoms with Crippen LogP contribution in [0.25, 0.3) is 0 Å². The van der Waals surface area contributed by atoms with E-state index in [4.69, 9.17) is 9.15 Å². The van der Waals surface area contributed by atoms with Crippen molar-refractivity contribution in [1.29, 1.82) is 0 Å². The Morgan fingerprint density at radius 2 is 1.69 bits per heavy atom. The van der Waals surface area contributed by atoms with Crippen LogP contribution in [0.2, 0.25) is 0 Å². The van der Waals surface area contributed by atoms with Crippen molar-refractivity contribution in [2.75, 3.05) is 17.2 Å². The molecule has 3 aromatic rings. The van der Waals surface area contributed by atoms with Crippen LogP contribution in [0.5, 0.6) is 5.75 Å². The Labute approximate surface area is 165 Å². The van der Waals surface area contributed by atoms with Crippen molar-refractivity contribution in [1.82, 2.24) is 0 Å². The summed E-state index contributed by atoms with van der Waals surface area (Å²) < 4.78 is 10.2. The van der Waals surface area contributed by atoms with E-state index in [1.807, 2.05) is 0 Å². The van der Waals surface area contributed by atoms with Gasteiger partial charge in [-0.25, -0.2) is 0 Å². The molecule has 1 aromatic heterocycles. The molecular formula is C20H17N3O6. The van der Waals surface area contributed by atoms with E-state index in [2.05, 4.69) is 10.6 Å². The van der Waals surface area contributed by atoms with Crippen LogP contribution in [0.1, 0.15) is 27.8 Å². The van der Waals surface area contributed by atoms with E-state index >= 15 is 0 Å². The lowest BCUT2D eigenvalue weighted by atomic mass is 10.1. The first-order chi connectivity index (χ1) is 14.0. The summed E-state index contributed by atoms with van der Waals surface area (Å²) in [4.78, 5) is 35.0. The number of hydrogen-bond donors (Lipinski definition) is 2. The molecule has 0 atom stereocenters. The van der Waals surface area contributed by atoms with Crippen LogP contribution in [0.4, 0.5) is 17.1 Å². The van der Waals surface area contributed by atoms with E-state index in [1.165, 1.54) is 18.4 Å². The number of nitrogens with zero attached hydrogens (tertiary/aromatic N) is 1. The molecule has 0 fully saturated rings. The third-order valence-electron chi connectivity index (χ3n) is 3.86. The van der Waals surface area contributed by atoms with Crippen molar-refractivity contribution >= 4 is 28.9 Å². The van der Waals surface area contributed by atoms with E-state index < -0.39 is 16.7 Å². The molecule has 9 nitrogen and oxygen atoms in total. The van der Waals surface area contributed by atoms with Gasteiger partial charge in [0.2, 0.25) is 0 Å². The predicted molar refractivity (Wildman–Crippen MR) is 105 cm³/mol. The molecule has 2 N–H and O–H groups in total. The number of nitro benzene ring substituents is 1. The van der Waals surface area contributed by atoms with Crippen molar-refractivity contribution in [3.05, 3.63) is 82.3 Å². The number of carbonyl (C=O) groups is 2. The minimum Gasteiger partial charge on any atom is -0.487 e. The summed E-state index contributed by atoms with van der Waals surface area (Å²) in [5, 5.41) is 16.5. The molecule has 0 saturated heterocycles. The second kappa shape index (κ2) is 8.70. The highest BCUT2D eigenvalue weighted by molar-refractivity contribution is 6.05. The van der Waals surface area contributed by atoms with E-state index in [1.54, 1.807) is 43.3 Å². The zero-order valence-electron chi connectivity index (χ0n) is 15.4. The number of carbonyl (C=O) groups excluding carboxylic acids is 2. The Bertz CT molecular complexity index is 1030. The van der Waals surface area contributed by atoms with Gasteiger partial charge in [-0.15, -0.1) is 0 Å². The van der Waals surface area contributed by atoms with Gasteiger partial charge in [0.05, 0.1) is 17.8 Å². The van der Waals surface area contributed by atoms with Crippen molar-refractivity contribution in [3.63, 3.8) is 0 Å². The number of rotatable bonds is 7. The van der Waals surface area contributed by atoms with Gasteiger partial charge in [-0.1, -0.05) is 0 Å². The van der Waals surface area contributed by atoms with Crippen LogP contribution in [0.3, 0.4) is 0 Å². The maximum atomic E-state index is 12.4. The first-order valence-corrected chi connectivity index (χ1v) is 8.65. The minimum absolute atomic E-state index is 0.103. The van der Waals surface area contributed by atoms with Crippen LogP contribution >= 0.6 is 0 Å². The highest BCUT2D eigenvalue weighted by Crippen LogP contribution is 2.28. The first kappa shape index (κ1) is 19.6. The largest absolute Gasteiger partial charge is 0.487 e. The number of ether oxygens (including phenoxy) is 1. The topological polar surface area (TPSA) is 124 Å². The lowest BCUT2D eigenvalue weighted by molar-refractivity contribution is -0.385. The second-order valence-corrected chi connectivity index (χ2v) is 5.84. The first-order valence-electron chi connectivity index (χ1n) is 8.65. The molecule has 29 heavy (non-hydrogen) atoms. The predicted octanol–water partition coefficient (Wildman–Crippen LogP) is 4.09. The third-order valence-corrected chi connectivity index (χ3v) is 3.86. The second-order valence-electron chi connectivity index (χ2n) is 5.84. The Kier molecular flexibility index (Phi) is 5.88. The van der Waals surface area contributed by atoms with Gasteiger partial charge in [-0.05, 0) is 55.5 Å². The minimum atomic E-state index is -0.599.